The van der Waals surface area contributed by atoms with E-state index < -0.39 is 5.97 Å². The zero-order valence-electron chi connectivity index (χ0n) is 16.3. The number of carbonyl (C=O) groups is 2. The maximum absolute atomic E-state index is 12.5. The Kier molecular flexibility index (Phi) is 6.03. The van der Waals surface area contributed by atoms with Crippen LogP contribution in [0.4, 0.5) is 5.69 Å². The van der Waals surface area contributed by atoms with Gasteiger partial charge in [0, 0.05) is 44.9 Å². The molecular weight excluding hydrogens is 360 g/mol. The van der Waals surface area contributed by atoms with Gasteiger partial charge in [0.2, 0.25) is 5.91 Å². The molecule has 1 amide bonds. The van der Waals surface area contributed by atoms with Crippen molar-refractivity contribution >= 4 is 17.6 Å². The molecule has 0 atom stereocenters. The van der Waals surface area contributed by atoms with E-state index in [9.17, 15) is 9.59 Å². The molecule has 7 nitrogen and oxygen atoms in total. The van der Waals surface area contributed by atoms with Crippen LogP contribution in [-0.2, 0) is 4.79 Å². The summed E-state index contributed by atoms with van der Waals surface area (Å²) in [5.41, 5.74) is 1.38. The lowest BCUT2D eigenvalue weighted by Crippen LogP contribution is -2.48. The number of carbonyl (C=O) groups excluding carboxylic acids is 2. The second-order valence-electron chi connectivity index (χ2n) is 6.48. The third-order valence-electron chi connectivity index (χ3n) is 4.72. The summed E-state index contributed by atoms with van der Waals surface area (Å²) in [4.78, 5) is 27.9. The number of nitrogens with zero attached hydrogens (tertiary/aromatic N) is 2. The maximum Gasteiger partial charge on any atom is 0.343 e. The number of rotatable bonds is 5. The first-order valence-electron chi connectivity index (χ1n) is 9.06. The molecule has 28 heavy (non-hydrogen) atoms. The lowest BCUT2D eigenvalue weighted by molar-refractivity contribution is -0.129. The van der Waals surface area contributed by atoms with Crippen molar-refractivity contribution in [2.24, 2.45) is 0 Å². The molecule has 1 heterocycles. The molecule has 0 saturated carbocycles. The third-order valence-corrected chi connectivity index (χ3v) is 4.72. The van der Waals surface area contributed by atoms with Gasteiger partial charge >= 0.3 is 5.97 Å². The Balaban J connectivity index is 1.64. The SMILES string of the molecule is COc1cc(OC)cc(C(=O)Oc2ccc(N3CCN(C(C)=O)CC3)cc2)c1. The predicted molar refractivity (Wildman–Crippen MR) is 105 cm³/mol. The predicted octanol–water partition coefficient (Wildman–Crippen LogP) is 2.59. The van der Waals surface area contributed by atoms with Crippen molar-refractivity contribution in [1.82, 2.24) is 4.90 Å². The number of amides is 1. The fourth-order valence-electron chi connectivity index (χ4n) is 3.10. The standard InChI is InChI=1S/C21H24N2O5/c1-15(24)22-8-10-23(11-9-22)17-4-6-18(7-5-17)28-21(25)16-12-19(26-2)14-20(13-16)27-3/h4-7,12-14H,8-11H2,1-3H3. The molecule has 2 aromatic carbocycles. The zero-order valence-corrected chi connectivity index (χ0v) is 16.3. The van der Waals surface area contributed by atoms with Crippen LogP contribution in [-0.4, -0.2) is 57.2 Å². The van der Waals surface area contributed by atoms with Crippen LogP contribution in [0.25, 0.3) is 0 Å². The van der Waals surface area contributed by atoms with Crippen LogP contribution in [0, 0.1) is 0 Å². The highest BCUT2D eigenvalue weighted by molar-refractivity contribution is 5.92. The molecule has 1 saturated heterocycles. The first kappa shape index (κ1) is 19.5. The Bertz CT molecular complexity index is 820. The summed E-state index contributed by atoms with van der Waals surface area (Å²) in [6, 6.07) is 12.3. The number of methoxy groups -OCH3 is 2. The van der Waals surface area contributed by atoms with Gasteiger partial charge in [0.25, 0.3) is 0 Å². The second-order valence-corrected chi connectivity index (χ2v) is 6.48. The first-order valence-corrected chi connectivity index (χ1v) is 9.06. The van der Waals surface area contributed by atoms with Gasteiger partial charge in [-0.15, -0.1) is 0 Å². The van der Waals surface area contributed by atoms with Crippen LogP contribution in [0.5, 0.6) is 17.2 Å². The normalized spacial score (nSPS) is 13.8. The highest BCUT2D eigenvalue weighted by Crippen LogP contribution is 2.25. The highest BCUT2D eigenvalue weighted by atomic mass is 16.5. The molecule has 0 spiro atoms. The number of hydrogen-bond acceptors (Lipinski definition) is 6. The van der Waals surface area contributed by atoms with E-state index in [0.717, 1.165) is 18.8 Å². The molecule has 1 aliphatic rings. The summed E-state index contributed by atoms with van der Waals surface area (Å²) in [5, 5.41) is 0. The van der Waals surface area contributed by atoms with E-state index in [-0.39, 0.29) is 5.91 Å². The fourth-order valence-corrected chi connectivity index (χ4v) is 3.10. The molecule has 2 aromatic rings. The lowest BCUT2D eigenvalue weighted by atomic mass is 10.2. The Labute approximate surface area is 164 Å². The van der Waals surface area contributed by atoms with Gasteiger partial charge in [0.1, 0.15) is 17.2 Å². The Morgan fingerprint density at radius 1 is 0.821 bits per heavy atom. The quantitative estimate of drug-likeness (QED) is 0.583. The van der Waals surface area contributed by atoms with Crippen molar-refractivity contribution in [3.63, 3.8) is 0 Å². The van der Waals surface area contributed by atoms with E-state index in [1.54, 1.807) is 37.3 Å². The highest BCUT2D eigenvalue weighted by Gasteiger charge is 2.19. The molecule has 0 radical (unpaired) electrons. The largest absolute Gasteiger partial charge is 0.497 e. The zero-order chi connectivity index (χ0) is 20.1. The van der Waals surface area contributed by atoms with E-state index in [0.29, 0.717) is 35.9 Å². The van der Waals surface area contributed by atoms with Gasteiger partial charge in [-0.05, 0) is 36.4 Å². The smallest absolute Gasteiger partial charge is 0.343 e. The van der Waals surface area contributed by atoms with Crippen molar-refractivity contribution in [3.8, 4) is 17.2 Å². The molecule has 1 aliphatic heterocycles. The number of ether oxygens (including phenoxy) is 3. The van der Waals surface area contributed by atoms with Crippen LogP contribution in [0.15, 0.2) is 42.5 Å². The molecule has 0 unspecified atom stereocenters. The lowest BCUT2D eigenvalue weighted by Gasteiger charge is -2.35. The minimum Gasteiger partial charge on any atom is -0.497 e. The third kappa shape index (κ3) is 4.54. The van der Waals surface area contributed by atoms with Crippen LogP contribution in [0.1, 0.15) is 17.3 Å². The molecule has 7 heteroatoms. The summed E-state index contributed by atoms with van der Waals surface area (Å²) >= 11 is 0. The minimum atomic E-state index is -0.486. The van der Waals surface area contributed by atoms with E-state index in [4.69, 9.17) is 14.2 Å². The van der Waals surface area contributed by atoms with Crippen molar-refractivity contribution < 1.29 is 23.8 Å². The molecule has 0 N–H and O–H groups in total. The number of esters is 1. The topological polar surface area (TPSA) is 68.3 Å². The van der Waals surface area contributed by atoms with Crippen molar-refractivity contribution in [1.29, 1.82) is 0 Å². The van der Waals surface area contributed by atoms with Gasteiger partial charge in [-0.25, -0.2) is 4.79 Å². The first-order chi connectivity index (χ1) is 13.5. The Morgan fingerprint density at radius 3 is 1.89 bits per heavy atom. The average molecular weight is 384 g/mol. The van der Waals surface area contributed by atoms with Crippen molar-refractivity contribution in [3.05, 3.63) is 48.0 Å². The Hall–Kier alpha value is -3.22. The summed E-state index contributed by atoms with van der Waals surface area (Å²) in [6.07, 6.45) is 0. The Morgan fingerprint density at radius 2 is 1.39 bits per heavy atom. The van der Waals surface area contributed by atoms with Gasteiger partial charge in [0.15, 0.2) is 0 Å². The molecule has 3 rings (SSSR count). The minimum absolute atomic E-state index is 0.107. The van der Waals surface area contributed by atoms with Crippen molar-refractivity contribution in [2.75, 3.05) is 45.3 Å². The average Bonchev–Trinajstić information content (AvgIpc) is 2.73. The van der Waals surface area contributed by atoms with Crippen LogP contribution < -0.4 is 19.1 Å². The summed E-state index contributed by atoms with van der Waals surface area (Å²) in [7, 11) is 3.05. The molecule has 1 fully saturated rings. The number of benzene rings is 2. The van der Waals surface area contributed by atoms with E-state index >= 15 is 0 Å². The molecule has 0 bridgehead atoms. The fraction of sp³-hybridized carbons (Fsp3) is 0.333. The monoisotopic (exact) mass is 384 g/mol. The summed E-state index contributed by atoms with van der Waals surface area (Å²) in [5.74, 6) is 1.12. The molecule has 148 valence electrons. The number of piperazine rings is 1. The van der Waals surface area contributed by atoms with E-state index in [2.05, 4.69) is 4.90 Å². The van der Waals surface area contributed by atoms with E-state index in [1.807, 2.05) is 17.0 Å². The number of hydrogen-bond donors (Lipinski definition) is 0. The van der Waals surface area contributed by atoms with Gasteiger partial charge in [-0.3, -0.25) is 4.79 Å². The van der Waals surface area contributed by atoms with Crippen LogP contribution in [0.2, 0.25) is 0 Å². The van der Waals surface area contributed by atoms with Crippen molar-refractivity contribution in [2.45, 2.75) is 6.92 Å². The summed E-state index contributed by atoms with van der Waals surface area (Å²) < 4.78 is 15.8. The van der Waals surface area contributed by atoms with Gasteiger partial charge < -0.3 is 24.0 Å². The molecule has 0 aromatic heterocycles. The van der Waals surface area contributed by atoms with Crippen LogP contribution in [0.3, 0.4) is 0 Å². The molecule has 0 aliphatic carbocycles. The van der Waals surface area contributed by atoms with Crippen LogP contribution >= 0.6 is 0 Å². The number of anilines is 1. The van der Waals surface area contributed by atoms with Gasteiger partial charge in [-0.1, -0.05) is 0 Å². The second kappa shape index (κ2) is 8.65. The van der Waals surface area contributed by atoms with Gasteiger partial charge in [-0.2, -0.15) is 0 Å². The van der Waals surface area contributed by atoms with Gasteiger partial charge in [0.05, 0.1) is 19.8 Å². The maximum atomic E-state index is 12.5. The van der Waals surface area contributed by atoms with E-state index in [1.165, 1.54) is 14.2 Å². The summed E-state index contributed by atoms with van der Waals surface area (Å²) in [6.45, 7) is 4.58. The molecular formula is C21H24N2O5.